The quantitative estimate of drug-likeness (QED) is 0.897. The van der Waals surface area contributed by atoms with Crippen molar-refractivity contribution in [3.63, 3.8) is 0 Å². The van der Waals surface area contributed by atoms with Crippen LogP contribution in [-0.4, -0.2) is 39.8 Å². The summed E-state index contributed by atoms with van der Waals surface area (Å²) in [5.41, 5.74) is 0.606. The van der Waals surface area contributed by atoms with Gasteiger partial charge in [-0.1, -0.05) is 18.5 Å². The summed E-state index contributed by atoms with van der Waals surface area (Å²) in [5.74, 6) is 1.94. The first kappa shape index (κ1) is 13.9. The fourth-order valence-electron chi connectivity index (χ4n) is 2.83. The van der Waals surface area contributed by atoms with Gasteiger partial charge in [0.15, 0.2) is 0 Å². The average molecular weight is 289 g/mol. The minimum atomic E-state index is 0.287. The van der Waals surface area contributed by atoms with Crippen molar-refractivity contribution in [2.75, 3.05) is 13.7 Å². The number of rotatable bonds is 5. The zero-order chi connectivity index (χ0) is 14.7. The van der Waals surface area contributed by atoms with E-state index in [9.17, 15) is 0 Å². The van der Waals surface area contributed by atoms with Gasteiger partial charge in [0.2, 0.25) is 17.6 Å². The summed E-state index contributed by atoms with van der Waals surface area (Å²) in [5, 5.41) is 7.53. The summed E-state index contributed by atoms with van der Waals surface area (Å²) in [6, 6.07) is 2.12. The fourth-order valence-corrected chi connectivity index (χ4v) is 2.83. The maximum Gasteiger partial charge on any atom is 0.231 e. The second-order valence-electron chi connectivity index (χ2n) is 5.10. The van der Waals surface area contributed by atoms with Crippen molar-refractivity contribution in [2.24, 2.45) is 0 Å². The molecule has 0 amide bonds. The zero-order valence-electron chi connectivity index (χ0n) is 12.2. The van der Waals surface area contributed by atoms with E-state index in [-0.39, 0.29) is 5.92 Å². The molecule has 2 aromatic rings. The molecule has 112 valence electrons. The van der Waals surface area contributed by atoms with Crippen LogP contribution in [0.25, 0.3) is 11.5 Å². The van der Waals surface area contributed by atoms with Gasteiger partial charge in [-0.25, -0.2) is 9.97 Å². The Labute approximate surface area is 123 Å². The lowest BCUT2D eigenvalue weighted by Crippen LogP contribution is -2.31. The smallest absolute Gasteiger partial charge is 0.231 e. The van der Waals surface area contributed by atoms with Crippen molar-refractivity contribution in [1.82, 2.24) is 25.4 Å². The predicted octanol–water partition coefficient (Wildman–Crippen LogP) is 1.78. The molecule has 21 heavy (non-hydrogen) atoms. The van der Waals surface area contributed by atoms with Crippen molar-refractivity contribution in [3.05, 3.63) is 18.3 Å². The van der Waals surface area contributed by atoms with Gasteiger partial charge >= 0.3 is 0 Å². The number of hydrogen-bond donors (Lipinski definition) is 1. The molecule has 2 aromatic heterocycles. The molecule has 0 spiro atoms. The van der Waals surface area contributed by atoms with Crippen molar-refractivity contribution < 1.29 is 9.26 Å². The van der Waals surface area contributed by atoms with Gasteiger partial charge in [0.25, 0.3) is 0 Å². The lowest BCUT2D eigenvalue weighted by molar-refractivity contribution is 0.332. The Morgan fingerprint density at radius 1 is 1.38 bits per heavy atom. The summed E-state index contributed by atoms with van der Waals surface area (Å²) >= 11 is 0. The lowest BCUT2D eigenvalue weighted by Gasteiger charge is -2.16. The van der Waals surface area contributed by atoms with Crippen LogP contribution in [0.3, 0.4) is 0 Å². The molecule has 7 nitrogen and oxygen atoms in total. The molecule has 0 aliphatic heterocycles. The molecule has 0 bridgehead atoms. The Hall–Kier alpha value is -2.02. The van der Waals surface area contributed by atoms with Crippen LogP contribution < -0.4 is 10.1 Å². The van der Waals surface area contributed by atoms with Crippen molar-refractivity contribution in [3.8, 4) is 17.4 Å². The van der Waals surface area contributed by atoms with Crippen molar-refractivity contribution in [1.29, 1.82) is 0 Å². The van der Waals surface area contributed by atoms with Crippen molar-refractivity contribution in [2.45, 2.75) is 38.1 Å². The highest BCUT2D eigenvalue weighted by Crippen LogP contribution is 2.34. The molecule has 1 aliphatic carbocycles. The molecular formula is C14H19N5O2. The molecule has 3 rings (SSSR count). The largest absolute Gasteiger partial charge is 0.481 e. The summed E-state index contributed by atoms with van der Waals surface area (Å²) < 4.78 is 10.5. The highest BCUT2D eigenvalue weighted by Gasteiger charge is 2.32. The Bertz CT molecular complexity index is 601. The highest BCUT2D eigenvalue weighted by molar-refractivity contribution is 5.49. The number of aromatic nitrogens is 4. The van der Waals surface area contributed by atoms with Gasteiger partial charge in [0, 0.05) is 12.1 Å². The van der Waals surface area contributed by atoms with Gasteiger partial charge in [-0.05, 0) is 19.4 Å². The molecule has 2 heterocycles. The topological polar surface area (TPSA) is 86.0 Å². The van der Waals surface area contributed by atoms with E-state index in [1.807, 2.05) is 0 Å². The second kappa shape index (κ2) is 6.17. The van der Waals surface area contributed by atoms with Crippen LogP contribution in [0, 0.1) is 0 Å². The predicted molar refractivity (Wildman–Crippen MR) is 75.9 cm³/mol. The lowest BCUT2D eigenvalue weighted by atomic mass is 10.0. The van der Waals surface area contributed by atoms with Gasteiger partial charge in [0.1, 0.15) is 12.0 Å². The van der Waals surface area contributed by atoms with Gasteiger partial charge in [0.05, 0.1) is 13.0 Å². The van der Waals surface area contributed by atoms with E-state index in [1.165, 1.54) is 12.7 Å². The molecule has 2 unspecified atom stereocenters. The molecule has 1 aliphatic rings. The zero-order valence-corrected chi connectivity index (χ0v) is 12.2. The molecule has 7 heteroatoms. The van der Waals surface area contributed by atoms with Crippen LogP contribution in [-0.2, 0) is 0 Å². The van der Waals surface area contributed by atoms with E-state index in [0.717, 1.165) is 19.4 Å². The molecule has 0 saturated heterocycles. The van der Waals surface area contributed by atoms with E-state index in [0.29, 0.717) is 29.3 Å². The van der Waals surface area contributed by atoms with Crippen LogP contribution >= 0.6 is 0 Å². The minimum Gasteiger partial charge on any atom is -0.481 e. The van der Waals surface area contributed by atoms with Crippen LogP contribution in [0.2, 0.25) is 0 Å². The first-order valence-corrected chi connectivity index (χ1v) is 7.25. The van der Waals surface area contributed by atoms with Crippen LogP contribution in [0.5, 0.6) is 5.88 Å². The third kappa shape index (κ3) is 2.87. The van der Waals surface area contributed by atoms with Gasteiger partial charge < -0.3 is 14.6 Å². The molecule has 2 atom stereocenters. The van der Waals surface area contributed by atoms with Crippen LogP contribution in [0.4, 0.5) is 0 Å². The molecule has 1 fully saturated rings. The van der Waals surface area contributed by atoms with E-state index < -0.39 is 0 Å². The summed E-state index contributed by atoms with van der Waals surface area (Å²) in [6.45, 7) is 3.06. The first-order chi connectivity index (χ1) is 10.3. The van der Waals surface area contributed by atoms with E-state index >= 15 is 0 Å². The third-order valence-corrected chi connectivity index (χ3v) is 3.82. The van der Waals surface area contributed by atoms with E-state index in [4.69, 9.17) is 9.26 Å². The fraction of sp³-hybridized carbons (Fsp3) is 0.571. The van der Waals surface area contributed by atoms with Crippen LogP contribution in [0.1, 0.15) is 38.0 Å². The van der Waals surface area contributed by atoms with Gasteiger partial charge in [-0.15, -0.1) is 0 Å². The molecule has 1 N–H and O–H groups in total. The molecule has 0 radical (unpaired) electrons. The van der Waals surface area contributed by atoms with E-state index in [2.05, 4.69) is 32.3 Å². The Morgan fingerprint density at radius 2 is 2.29 bits per heavy atom. The third-order valence-electron chi connectivity index (χ3n) is 3.82. The Morgan fingerprint density at radius 3 is 3.10 bits per heavy atom. The minimum absolute atomic E-state index is 0.287. The number of likely N-dealkylation sites (N-methyl/N-ethyl adjacent to an activating group) is 1. The highest BCUT2D eigenvalue weighted by atomic mass is 16.5. The van der Waals surface area contributed by atoms with E-state index in [1.54, 1.807) is 13.2 Å². The molecule has 1 saturated carbocycles. The summed E-state index contributed by atoms with van der Waals surface area (Å²) in [4.78, 5) is 12.6. The SMILES string of the molecule is CCNC1CCCC1c1nc(-c2cc(OC)ncn2)no1. The molecular weight excluding hydrogens is 270 g/mol. The number of nitrogens with zero attached hydrogens (tertiary/aromatic N) is 4. The number of ether oxygens (including phenoxy) is 1. The Balaban J connectivity index is 1.82. The summed E-state index contributed by atoms with van der Waals surface area (Å²) in [7, 11) is 1.56. The van der Waals surface area contributed by atoms with Gasteiger partial charge in [-0.3, -0.25) is 0 Å². The second-order valence-corrected chi connectivity index (χ2v) is 5.10. The maximum absolute atomic E-state index is 5.45. The van der Waals surface area contributed by atoms with Crippen LogP contribution in [0.15, 0.2) is 16.9 Å². The number of methoxy groups -OCH3 is 1. The monoisotopic (exact) mass is 289 g/mol. The Kier molecular flexibility index (Phi) is 4.10. The van der Waals surface area contributed by atoms with Gasteiger partial charge in [-0.2, -0.15) is 4.98 Å². The standard InChI is InChI=1S/C14H19N5O2/c1-3-15-10-6-4-5-9(10)14-18-13(19-21-14)11-7-12(20-2)17-8-16-11/h7-10,15H,3-6H2,1-2H3. The number of hydrogen-bond acceptors (Lipinski definition) is 7. The van der Waals surface area contributed by atoms with Crippen molar-refractivity contribution >= 4 is 0 Å². The normalized spacial score (nSPS) is 21.6. The molecule has 0 aromatic carbocycles. The maximum atomic E-state index is 5.45. The summed E-state index contributed by atoms with van der Waals surface area (Å²) in [6.07, 6.45) is 4.84. The number of nitrogens with one attached hydrogen (secondary N) is 1. The average Bonchev–Trinajstić information content (AvgIpc) is 3.16. The first-order valence-electron chi connectivity index (χ1n) is 7.25.